The Morgan fingerprint density at radius 2 is 1.88 bits per heavy atom. The van der Waals surface area contributed by atoms with E-state index in [1.165, 1.54) is 0 Å². The molecule has 24 heavy (non-hydrogen) atoms. The fourth-order valence-electron chi connectivity index (χ4n) is 3.34. The minimum absolute atomic E-state index is 0.0130. The number of ether oxygens (including phenoxy) is 1. The number of piperidine rings is 1. The summed E-state index contributed by atoms with van der Waals surface area (Å²) in [6.07, 6.45) is 4.37. The molecule has 0 aliphatic carbocycles. The number of rotatable bonds is 7. The highest BCUT2D eigenvalue weighted by atomic mass is 32.2. The van der Waals surface area contributed by atoms with Crippen LogP contribution in [0.2, 0.25) is 0 Å². The second kappa shape index (κ2) is 8.40. The van der Waals surface area contributed by atoms with Crippen molar-refractivity contribution in [3.05, 3.63) is 35.9 Å². The fourth-order valence-corrected chi connectivity index (χ4v) is 4.46. The molecule has 134 valence electrons. The lowest BCUT2D eigenvalue weighted by molar-refractivity contribution is 0.0638. The second-order valence-electron chi connectivity index (χ2n) is 6.64. The Balaban J connectivity index is 1.39. The molecule has 6 nitrogen and oxygen atoms in total. The van der Waals surface area contributed by atoms with Gasteiger partial charge in [-0.1, -0.05) is 30.3 Å². The summed E-state index contributed by atoms with van der Waals surface area (Å²) in [4.78, 5) is 2.39. The van der Waals surface area contributed by atoms with Gasteiger partial charge in [-0.2, -0.15) is 17.9 Å². The quantitative estimate of drug-likeness (QED) is 0.774. The first-order valence-electron chi connectivity index (χ1n) is 8.75. The lowest BCUT2D eigenvalue weighted by Crippen LogP contribution is -2.49. The Labute approximate surface area is 144 Å². The van der Waals surface area contributed by atoms with E-state index in [1.54, 1.807) is 0 Å². The zero-order valence-corrected chi connectivity index (χ0v) is 14.8. The molecule has 2 aliphatic heterocycles. The van der Waals surface area contributed by atoms with Gasteiger partial charge in [0.1, 0.15) is 0 Å². The summed E-state index contributed by atoms with van der Waals surface area (Å²) < 4.78 is 35.4. The van der Waals surface area contributed by atoms with Crippen molar-refractivity contribution < 1.29 is 13.2 Å². The van der Waals surface area contributed by atoms with Gasteiger partial charge in [0, 0.05) is 25.7 Å². The van der Waals surface area contributed by atoms with Crippen LogP contribution in [-0.4, -0.2) is 51.7 Å². The number of benzene rings is 1. The van der Waals surface area contributed by atoms with Crippen molar-refractivity contribution in [1.29, 1.82) is 0 Å². The Hall–Kier alpha value is -0.990. The van der Waals surface area contributed by atoms with Gasteiger partial charge >= 0.3 is 0 Å². The van der Waals surface area contributed by atoms with Crippen LogP contribution in [0.15, 0.2) is 30.3 Å². The molecule has 2 heterocycles. The van der Waals surface area contributed by atoms with E-state index >= 15 is 0 Å². The van der Waals surface area contributed by atoms with Gasteiger partial charge in [0.15, 0.2) is 0 Å². The van der Waals surface area contributed by atoms with Crippen LogP contribution in [0.4, 0.5) is 0 Å². The average molecular weight is 353 g/mol. The Morgan fingerprint density at radius 3 is 2.54 bits per heavy atom. The maximum absolute atomic E-state index is 12.2. The molecule has 2 saturated heterocycles. The van der Waals surface area contributed by atoms with Gasteiger partial charge in [0.2, 0.25) is 0 Å². The topological polar surface area (TPSA) is 70.7 Å². The minimum atomic E-state index is -3.46. The summed E-state index contributed by atoms with van der Waals surface area (Å²) >= 11 is 0. The van der Waals surface area contributed by atoms with Crippen molar-refractivity contribution in [2.75, 3.05) is 26.2 Å². The van der Waals surface area contributed by atoms with Gasteiger partial charge in [-0.25, -0.2) is 0 Å². The van der Waals surface area contributed by atoms with Gasteiger partial charge in [-0.15, -0.1) is 0 Å². The van der Waals surface area contributed by atoms with Crippen molar-refractivity contribution in [1.82, 2.24) is 14.3 Å². The van der Waals surface area contributed by atoms with Crippen LogP contribution >= 0.6 is 0 Å². The molecule has 2 fully saturated rings. The van der Waals surface area contributed by atoms with E-state index in [2.05, 4.69) is 14.3 Å². The monoisotopic (exact) mass is 353 g/mol. The van der Waals surface area contributed by atoms with Crippen LogP contribution in [-0.2, 0) is 21.5 Å². The van der Waals surface area contributed by atoms with Crippen molar-refractivity contribution in [2.45, 2.75) is 44.4 Å². The average Bonchev–Trinajstić information content (AvgIpc) is 3.09. The summed E-state index contributed by atoms with van der Waals surface area (Å²) in [7, 11) is -3.46. The van der Waals surface area contributed by atoms with E-state index in [0.717, 1.165) is 57.5 Å². The van der Waals surface area contributed by atoms with Crippen LogP contribution in [0.1, 0.15) is 31.2 Å². The smallest absolute Gasteiger partial charge is 0.277 e. The largest absolute Gasteiger partial charge is 0.377 e. The van der Waals surface area contributed by atoms with Crippen LogP contribution < -0.4 is 9.44 Å². The molecule has 2 aliphatic rings. The van der Waals surface area contributed by atoms with Crippen LogP contribution in [0.3, 0.4) is 0 Å². The first kappa shape index (κ1) is 17.8. The maximum atomic E-state index is 12.2. The number of nitrogens with zero attached hydrogens (tertiary/aromatic N) is 1. The van der Waals surface area contributed by atoms with E-state index in [1.807, 2.05) is 30.3 Å². The molecule has 2 N–H and O–H groups in total. The van der Waals surface area contributed by atoms with E-state index < -0.39 is 10.2 Å². The van der Waals surface area contributed by atoms with Crippen molar-refractivity contribution >= 4 is 10.2 Å². The number of hydrogen-bond acceptors (Lipinski definition) is 4. The predicted molar refractivity (Wildman–Crippen MR) is 93.8 cm³/mol. The molecule has 0 aromatic heterocycles. The highest BCUT2D eigenvalue weighted by Gasteiger charge is 2.26. The molecule has 1 aromatic rings. The minimum Gasteiger partial charge on any atom is -0.377 e. The molecule has 1 atom stereocenters. The third-order valence-electron chi connectivity index (χ3n) is 4.70. The first-order valence-corrected chi connectivity index (χ1v) is 10.2. The molecule has 0 amide bonds. The molecular formula is C17H27N3O3S. The SMILES string of the molecule is O=S(=O)(NCc1ccccc1)NC1CCN(C[C@H]2CCCO2)CC1. The third kappa shape index (κ3) is 5.53. The highest BCUT2D eigenvalue weighted by Crippen LogP contribution is 2.17. The molecule has 0 saturated carbocycles. The van der Waals surface area contributed by atoms with E-state index in [9.17, 15) is 8.42 Å². The molecule has 0 bridgehead atoms. The molecule has 1 aromatic carbocycles. The van der Waals surface area contributed by atoms with Crippen molar-refractivity contribution in [3.63, 3.8) is 0 Å². The third-order valence-corrected chi connectivity index (χ3v) is 5.87. The summed E-state index contributed by atoms with van der Waals surface area (Å²) in [6.45, 7) is 4.02. The second-order valence-corrected chi connectivity index (χ2v) is 8.17. The highest BCUT2D eigenvalue weighted by molar-refractivity contribution is 7.87. The Morgan fingerprint density at radius 1 is 1.12 bits per heavy atom. The van der Waals surface area contributed by atoms with Crippen LogP contribution in [0, 0.1) is 0 Å². The van der Waals surface area contributed by atoms with Crippen molar-refractivity contribution in [3.8, 4) is 0 Å². The van der Waals surface area contributed by atoms with Gasteiger partial charge in [-0.05, 0) is 44.3 Å². The molecule has 0 unspecified atom stereocenters. The Bertz CT molecular complexity index is 595. The molecule has 0 spiro atoms. The lowest BCUT2D eigenvalue weighted by Gasteiger charge is -2.33. The summed E-state index contributed by atoms with van der Waals surface area (Å²) in [6, 6.07) is 9.56. The zero-order valence-electron chi connectivity index (χ0n) is 14.0. The molecule has 0 radical (unpaired) electrons. The predicted octanol–water partition coefficient (Wildman–Crippen LogP) is 1.25. The van der Waals surface area contributed by atoms with Gasteiger partial charge in [0.05, 0.1) is 6.10 Å². The lowest BCUT2D eigenvalue weighted by atomic mass is 10.1. The molecule has 3 rings (SSSR count). The summed E-state index contributed by atoms with van der Waals surface area (Å²) in [5, 5.41) is 0. The van der Waals surface area contributed by atoms with E-state index in [-0.39, 0.29) is 6.04 Å². The van der Waals surface area contributed by atoms with Gasteiger partial charge < -0.3 is 9.64 Å². The summed E-state index contributed by atoms with van der Waals surface area (Å²) in [5.41, 5.74) is 0.953. The van der Waals surface area contributed by atoms with Crippen LogP contribution in [0.5, 0.6) is 0 Å². The maximum Gasteiger partial charge on any atom is 0.277 e. The normalized spacial score (nSPS) is 23.6. The number of nitrogens with one attached hydrogen (secondary N) is 2. The van der Waals surface area contributed by atoms with Gasteiger partial charge in [0.25, 0.3) is 10.2 Å². The number of likely N-dealkylation sites (tertiary alicyclic amines) is 1. The first-order chi connectivity index (χ1) is 11.6. The van der Waals surface area contributed by atoms with Gasteiger partial charge in [-0.3, -0.25) is 0 Å². The zero-order chi connectivity index (χ0) is 16.8. The van der Waals surface area contributed by atoms with Crippen molar-refractivity contribution in [2.24, 2.45) is 0 Å². The molecule has 7 heteroatoms. The fraction of sp³-hybridized carbons (Fsp3) is 0.647. The van der Waals surface area contributed by atoms with E-state index in [4.69, 9.17) is 4.74 Å². The summed E-state index contributed by atoms with van der Waals surface area (Å²) in [5.74, 6) is 0. The standard InChI is InChI=1S/C17H27N3O3S/c21-24(22,18-13-15-5-2-1-3-6-15)19-16-8-10-20(11-9-16)14-17-7-4-12-23-17/h1-3,5-6,16-19H,4,7-14H2/t17-/m1/s1. The van der Waals surface area contributed by atoms with E-state index in [0.29, 0.717) is 12.6 Å². The Kier molecular flexibility index (Phi) is 6.24. The van der Waals surface area contributed by atoms with Crippen LogP contribution in [0.25, 0.3) is 0 Å². The molecular weight excluding hydrogens is 326 g/mol. The number of hydrogen-bond donors (Lipinski definition) is 2.